The van der Waals surface area contributed by atoms with Gasteiger partial charge in [0.15, 0.2) is 17.3 Å². The van der Waals surface area contributed by atoms with Gasteiger partial charge in [-0.3, -0.25) is 0 Å². The summed E-state index contributed by atoms with van der Waals surface area (Å²) in [4.78, 5) is 2.54. The number of sulfone groups is 1. The van der Waals surface area contributed by atoms with Gasteiger partial charge in [0, 0.05) is 19.0 Å². The molecule has 0 fully saturated rings. The van der Waals surface area contributed by atoms with E-state index in [-0.39, 0.29) is 15.7 Å². The lowest BCUT2D eigenvalue weighted by atomic mass is 10.1. The summed E-state index contributed by atoms with van der Waals surface area (Å²) in [5.74, 6) is 2.38. The van der Waals surface area contributed by atoms with Gasteiger partial charge in [-0.25, -0.2) is 8.42 Å². The Bertz CT molecular complexity index is 1190. The summed E-state index contributed by atoms with van der Waals surface area (Å²) in [6, 6.07) is 12.4. The van der Waals surface area contributed by atoms with Crippen LogP contribution in [0.15, 0.2) is 63.0 Å². The normalized spacial score (nSPS) is 11.7. The highest BCUT2D eigenvalue weighted by Crippen LogP contribution is 2.30. The van der Waals surface area contributed by atoms with Crippen molar-refractivity contribution in [3.8, 4) is 17.2 Å². The Labute approximate surface area is 207 Å². The van der Waals surface area contributed by atoms with Crippen LogP contribution in [0.25, 0.3) is 0 Å². The molecule has 8 nitrogen and oxygen atoms in total. The molecule has 0 spiro atoms. The summed E-state index contributed by atoms with van der Waals surface area (Å²) in [7, 11) is 1.65. The van der Waals surface area contributed by atoms with Crippen molar-refractivity contribution >= 4 is 9.84 Å². The van der Waals surface area contributed by atoms with Gasteiger partial charge in [0.05, 0.1) is 31.9 Å². The van der Waals surface area contributed by atoms with Crippen molar-refractivity contribution < 1.29 is 27.2 Å². The molecule has 0 unspecified atom stereocenters. The molecule has 3 aromatic rings. The van der Waals surface area contributed by atoms with E-state index >= 15 is 0 Å². The number of hydrogen-bond donors (Lipinski definition) is 0. The predicted octanol–water partition coefficient (Wildman–Crippen LogP) is 4.59. The van der Waals surface area contributed by atoms with Gasteiger partial charge in [-0.2, -0.15) is 0 Å². The van der Waals surface area contributed by atoms with Gasteiger partial charge in [0.2, 0.25) is 9.84 Å². The first kappa shape index (κ1) is 26.6. The fourth-order valence-electron chi connectivity index (χ4n) is 3.67. The summed E-state index contributed by atoms with van der Waals surface area (Å²) >= 11 is 0. The van der Waals surface area contributed by atoms with Crippen molar-refractivity contribution in [3.63, 3.8) is 0 Å². The lowest BCUT2D eigenvalue weighted by Crippen LogP contribution is -2.23. The second kappa shape index (κ2) is 12.1. The molecule has 0 aliphatic heterocycles. The zero-order chi connectivity index (χ0) is 25.4. The Kier molecular flexibility index (Phi) is 9.17. The highest BCUT2D eigenvalue weighted by molar-refractivity contribution is 7.91. The van der Waals surface area contributed by atoms with Gasteiger partial charge in [0.1, 0.15) is 10.6 Å². The molecule has 0 N–H and O–H groups in total. The van der Waals surface area contributed by atoms with E-state index in [9.17, 15) is 8.42 Å². The second-order valence-electron chi connectivity index (χ2n) is 8.63. The molecular formula is C26H34N2O6S. The molecule has 35 heavy (non-hydrogen) atoms. The minimum atomic E-state index is -3.70. The zero-order valence-electron chi connectivity index (χ0n) is 21.0. The molecule has 2 aromatic carbocycles. The molecule has 1 heterocycles. The lowest BCUT2D eigenvalue weighted by molar-refractivity contribution is 0.264. The summed E-state index contributed by atoms with van der Waals surface area (Å²) < 4.78 is 47.5. The Morgan fingerprint density at radius 2 is 1.71 bits per heavy atom. The average Bonchev–Trinajstić information content (AvgIpc) is 3.37. The van der Waals surface area contributed by atoms with Crippen LogP contribution in [-0.4, -0.2) is 59.4 Å². The first-order valence-electron chi connectivity index (χ1n) is 11.6. The topological polar surface area (TPSA) is 91.1 Å². The SMILES string of the molecule is COc1ccc(CCN(C)CCCOc2ccc(S(=O)(=O)c3cnoc3C(C)C)cc2)cc1OC. The lowest BCUT2D eigenvalue weighted by Gasteiger charge is -2.17. The highest BCUT2D eigenvalue weighted by Gasteiger charge is 2.26. The number of hydrogen-bond acceptors (Lipinski definition) is 8. The summed E-state index contributed by atoms with van der Waals surface area (Å²) in [5, 5.41) is 3.67. The van der Waals surface area contributed by atoms with Crippen LogP contribution >= 0.6 is 0 Å². The molecule has 1 aromatic heterocycles. The van der Waals surface area contributed by atoms with Crippen LogP contribution in [0.2, 0.25) is 0 Å². The average molecular weight is 503 g/mol. The minimum absolute atomic E-state index is 0.0814. The maximum absolute atomic E-state index is 12.9. The van der Waals surface area contributed by atoms with Crippen molar-refractivity contribution in [3.05, 3.63) is 60.0 Å². The number of benzene rings is 2. The predicted molar refractivity (Wildman–Crippen MR) is 133 cm³/mol. The Morgan fingerprint density at radius 3 is 2.37 bits per heavy atom. The van der Waals surface area contributed by atoms with Crippen LogP contribution < -0.4 is 14.2 Å². The number of likely N-dealkylation sites (N-methyl/N-ethyl adjacent to an activating group) is 1. The number of rotatable bonds is 13. The third-order valence-corrected chi connectivity index (χ3v) is 7.47. The fourth-order valence-corrected chi connectivity index (χ4v) is 5.13. The van der Waals surface area contributed by atoms with Gasteiger partial charge in [-0.05, 0) is 61.9 Å². The molecule has 0 saturated carbocycles. The number of ether oxygens (including phenoxy) is 3. The summed E-state index contributed by atoms with van der Waals surface area (Å²) in [6.45, 7) is 6.05. The standard InChI is InChI=1S/C26H34N2O6S/c1-19(2)26-25(18-27-34-26)35(29,30)22-10-8-21(9-11-22)33-16-6-14-28(3)15-13-20-7-12-23(31-4)24(17-20)32-5/h7-12,17-19H,6,13-16H2,1-5H3. The van der Waals surface area contributed by atoms with Crippen LogP contribution in [0.1, 0.15) is 37.5 Å². The van der Waals surface area contributed by atoms with E-state index < -0.39 is 9.84 Å². The van der Waals surface area contributed by atoms with Gasteiger partial charge < -0.3 is 23.6 Å². The largest absolute Gasteiger partial charge is 0.494 e. The third kappa shape index (κ3) is 6.76. The molecule has 0 atom stereocenters. The summed E-state index contributed by atoms with van der Waals surface area (Å²) in [5.41, 5.74) is 1.19. The van der Waals surface area contributed by atoms with E-state index in [1.807, 2.05) is 26.0 Å². The number of methoxy groups -OCH3 is 2. The first-order valence-corrected chi connectivity index (χ1v) is 13.1. The van der Waals surface area contributed by atoms with Crippen molar-refractivity contribution in [2.75, 3.05) is 41.0 Å². The molecule has 0 radical (unpaired) electrons. The minimum Gasteiger partial charge on any atom is -0.494 e. The van der Waals surface area contributed by atoms with Gasteiger partial charge in [-0.15, -0.1) is 0 Å². The molecule has 0 bridgehead atoms. The Balaban J connectivity index is 1.45. The van der Waals surface area contributed by atoms with Crippen LogP contribution in [0.5, 0.6) is 17.2 Å². The fraction of sp³-hybridized carbons (Fsp3) is 0.423. The van der Waals surface area contributed by atoms with Crippen molar-refractivity contribution in [2.45, 2.75) is 42.4 Å². The van der Waals surface area contributed by atoms with Crippen molar-refractivity contribution in [2.24, 2.45) is 0 Å². The first-order chi connectivity index (χ1) is 16.8. The quantitative estimate of drug-likeness (QED) is 0.314. The molecule has 0 aliphatic carbocycles. The van der Waals surface area contributed by atoms with Gasteiger partial charge >= 0.3 is 0 Å². The van der Waals surface area contributed by atoms with Gasteiger partial charge in [0.25, 0.3) is 0 Å². The molecule has 0 saturated heterocycles. The van der Waals surface area contributed by atoms with Gasteiger partial charge in [-0.1, -0.05) is 25.1 Å². The maximum Gasteiger partial charge on any atom is 0.211 e. The van der Waals surface area contributed by atoms with Crippen LogP contribution in [0.4, 0.5) is 0 Å². The monoisotopic (exact) mass is 502 g/mol. The van der Waals surface area contributed by atoms with Crippen molar-refractivity contribution in [1.82, 2.24) is 10.1 Å². The molecule has 3 rings (SSSR count). The van der Waals surface area contributed by atoms with Crippen LogP contribution in [-0.2, 0) is 16.3 Å². The number of nitrogens with zero attached hydrogens (tertiary/aromatic N) is 2. The second-order valence-corrected chi connectivity index (χ2v) is 10.5. The van der Waals surface area contributed by atoms with E-state index in [4.69, 9.17) is 18.7 Å². The van der Waals surface area contributed by atoms with E-state index in [1.165, 1.54) is 11.8 Å². The smallest absolute Gasteiger partial charge is 0.211 e. The maximum atomic E-state index is 12.9. The van der Waals surface area contributed by atoms with Crippen LogP contribution in [0.3, 0.4) is 0 Å². The highest BCUT2D eigenvalue weighted by atomic mass is 32.2. The molecular weight excluding hydrogens is 468 g/mol. The van der Waals surface area contributed by atoms with E-state index in [2.05, 4.69) is 23.2 Å². The summed E-state index contributed by atoms with van der Waals surface area (Å²) in [6.07, 6.45) is 3.01. The Morgan fingerprint density at radius 1 is 1.00 bits per heavy atom. The van der Waals surface area contributed by atoms with Crippen molar-refractivity contribution in [1.29, 1.82) is 0 Å². The molecule has 9 heteroatoms. The van der Waals surface area contributed by atoms with E-state index in [1.54, 1.807) is 38.5 Å². The molecule has 0 amide bonds. The Hall–Kier alpha value is -3.04. The third-order valence-electron chi connectivity index (χ3n) is 5.69. The van der Waals surface area contributed by atoms with E-state index in [0.717, 1.165) is 37.4 Å². The molecule has 190 valence electrons. The zero-order valence-corrected chi connectivity index (χ0v) is 21.8. The van der Waals surface area contributed by atoms with E-state index in [0.29, 0.717) is 18.1 Å². The van der Waals surface area contributed by atoms with Crippen LogP contribution in [0, 0.1) is 0 Å². The molecule has 0 aliphatic rings. The number of aromatic nitrogens is 1.